The largest absolute Gasteiger partial charge is 0.483 e. The van der Waals surface area contributed by atoms with E-state index in [1.807, 2.05) is 0 Å². The summed E-state index contributed by atoms with van der Waals surface area (Å²) < 4.78 is 48.5. The van der Waals surface area contributed by atoms with Gasteiger partial charge in [-0.15, -0.1) is 0 Å². The average molecular weight is 390 g/mol. The number of rotatable bonds is 7. The Kier molecular flexibility index (Phi) is 6.47. The van der Waals surface area contributed by atoms with Crippen LogP contribution in [-0.2, 0) is 31.8 Å². The van der Waals surface area contributed by atoms with Crippen molar-refractivity contribution in [3.63, 3.8) is 0 Å². The van der Waals surface area contributed by atoms with Crippen LogP contribution in [-0.4, -0.2) is 65.9 Å². The van der Waals surface area contributed by atoms with Crippen molar-refractivity contribution in [3.05, 3.63) is 0 Å². The van der Waals surface area contributed by atoms with E-state index in [-0.39, 0.29) is 0 Å². The van der Waals surface area contributed by atoms with Crippen molar-refractivity contribution < 1.29 is 66.5 Å². The molecule has 1 aliphatic rings. The molecule has 0 aromatic heterocycles. The fourth-order valence-corrected chi connectivity index (χ4v) is 3.40. The third kappa shape index (κ3) is 6.79. The van der Waals surface area contributed by atoms with Gasteiger partial charge in [-0.25, -0.2) is 13.7 Å². The van der Waals surface area contributed by atoms with Crippen LogP contribution < -0.4 is 0 Å². The second-order valence-electron chi connectivity index (χ2n) is 3.96. The molecule has 1 aliphatic heterocycles. The highest BCUT2D eigenvalue weighted by molar-refractivity contribution is 7.60. The van der Waals surface area contributed by atoms with Crippen molar-refractivity contribution >= 4 is 23.5 Å². The van der Waals surface area contributed by atoms with E-state index in [1.165, 1.54) is 0 Å². The zero-order valence-electron chi connectivity index (χ0n) is 10.3. The van der Waals surface area contributed by atoms with Gasteiger partial charge in [0.1, 0.15) is 18.3 Å². The van der Waals surface area contributed by atoms with E-state index in [4.69, 9.17) is 24.5 Å². The molecule has 0 saturated carbocycles. The van der Waals surface area contributed by atoms with Gasteiger partial charge >= 0.3 is 23.5 Å². The fourth-order valence-electron chi connectivity index (χ4n) is 1.39. The van der Waals surface area contributed by atoms with E-state index in [0.717, 1.165) is 0 Å². The minimum absolute atomic E-state index is 0.905. The number of phosphoric acid groups is 3. The van der Waals surface area contributed by atoms with Gasteiger partial charge in [-0.05, 0) is 0 Å². The summed E-state index contributed by atoms with van der Waals surface area (Å²) in [6.45, 7) is -0.905. The molecule has 1 rings (SSSR count). The van der Waals surface area contributed by atoms with Gasteiger partial charge in [0, 0.05) is 0 Å². The van der Waals surface area contributed by atoms with E-state index in [1.54, 1.807) is 0 Å². The van der Waals surface area contributed by atoms with Crippen molar-refractivity contribution in [3.8, 4) is 0 Å². The van der Waals surface area contributed by atoms with Gasteiger partial charge in [-0.2, -0.15) is 4.31 Å². The molecule has 0 aliphatic carbocycles. The summed E-state index contributed by atoms with van der Waals surface area (Å²) >= 11 is 0. The van der Waals surface area contributed by atoms with Gasteiger partial charge in [0.25, 0.3) is 0 Å². The Morgan fingerprint density at radius 1 is 0.909 bits per heavy atom. The average Bonchev–Trinajstić information content (AvgIpc) is 2.49. The highest BCUT2D eigenvalue weighted by Crippen LogP contribution is 2.58. The maximum Gasteiger partial charge on any atom is 0.483 e. The molecule has 0 aromatic carbocycles. The minimum atomic E-state index is -5.39. The Bertz CT molecular complexity index is 521. The van der Waals surface area contributed by atoms with Gasteiger partial charge in [0.2, 0.25) is 0 Å². The van der Waals surface area contributed by atoms with E-state index in [0.29, 0.717) is 0 Å². The third-order valence-corrected chi connectivity index (χ3v) is 4.81. The maximum absolute atomic E-state index is 11.3. The highest BCUT2D eigenvalue weighted by Gasteiger charge is 2.48. The van der Waals surface area contributed by atoms with Crippen LogP contribution in [0.25, 0.3) is 0 Å². The Balaban J connectivity index is 2.68. The van der Waals surface area contributed by atoms with Crippen LogP contribution in [0.5, 0.6) is 0 Å². The van der Waals surface area contributed by atoms with E-state index in [2.05, 4.69) is 18.1 Å². The first-order valence-electron chi connectivity index (χ1n) is 5.20. The van der Waals surface area contributed by atoms with Crippen LogP contribution in [0.1, 0.15) is 0 Å². The lowest BCUT2D eigenvalue weighted by atomic mass is 10.1. The van der Waals surface area contributed by atoms with Gasteiger partial charge in [-0.3, -0.25) is 9.05 Å². The first-order chi connectivity index (χ1) is 9.70. The summed E-state index contributed by atoms with van der Waals surface area (Å²) in [6.07, 6.45) is -7.43. The van der Waals surface area contributed by atoms with Crippen LogP contribution in [0.15, 0.2) is 0 Å². The quantitative estimate of drug-likeness (QED) is 0.228. The fraction of sp³-hybridized carbons (Fsp3) is 1.00. The van der Waals surface area contributed by atoms with E-state index in [9.17, 15) is 23.9 Å². The highest BCUT2D eigenvalue weighted by atomic mass is 31.3. The van der Waals surface area contributed by atoms with E-state index < -0.39 is 54.7 Å². The summed E-state index contributed by atoms with van der Waals surface area (Å²) in [5.74, 6) is 0. The molecule has 132 valence electrons. The van der Waals surface area contributed by atoms with Crippen molar-refractivity contribution in [2.45, 2.75) is 24.6 Å². The molecule has 0 spiro atoms. The zero-order valence-corrected chi connectivity index (χ0v) is 13.0. The van der Waals surface area contributed by atoms with Crippen LogP contribution >= 0.6 is 23.5 Å². The Morgan fingerprint density at radius 3 is 1.91 bits per heavy atom. The summed E-state index contributed by atoms with van der Waals surface area (Å²) in [5.41, 5.74) is 0. The van der Waals surface area contributed by atoms with Crippen molar-refractivity contribution in [2.75, 3.05) is 6.61 Å². The Morgan fingerprint density at radius 2 is 1.45 bits per heavy atom. The Labute approximate surface area is 122 Å². The lowest BCUT2D eigenvalue weighted by Gasteiger charge is -2.18. The van der Waals surface area contributed by atoms with Crippen LogP contribution in [0.2, 0.25) is 0 Å². The topological polar surface area (TPSA) is 230 Å². The molecule has 1 unspecified atom stereocenters. The van der Waals surface area contributed by atoms with Crippen LogP contribution in [0.4, 0.5) is 0 Å². The number of hydrogen-bond donors (Lipinski definition) is 7. The second kappa shape index (κ2) is 7.01. The lowest BCUT2D eigenvalue weighted by molar-refractivity contribution is -0.125. The molecule has 17 heteroatoms. The van der Waals surface area contributed by atoms with Crippen molar-refractivity contribution in [2.24, 2.45) is 0 Å². The molecule has 1 fully saturated rings. The molecular weight excluding hydrogens is 377 g/mol. The summed E-state index contributed by atoms with van der Waals surface area (Å²) in [5, 5.41) is 19.0. The predicted molar refractivity (Wildman–Crippen MR) is 62.7 cm³/mol. The molecule has 1 heterocycles. The molecule has 7 N–H and O–H groups in total. The molecule has 0 radical (unpaired) electrons. The lowest BCUT2D eigenvalue weighted by Crippen LogP contribution is -2.34. The first-order valence-corrected chi connectivity index (χ1v) is 9.75. The summed E-state index contributed by atoms with van der Waals surface area (Å²) in [7, 11) is -15.7. The number of aliphatic hydroxyl groups excluding tert-OH is 2. The molecule has 14 nitrogen and oxygen atoms in total. The van der Waals surface area contributed by atoms with Gasteiger partial charge in [0.15, 0.2) is 6.29 Å². The number of ether oxygens (including phenoxy) is 1. The molecule has 5 atom stereocenters. The number of aliphatic hydroxyl groups is 2. The van der Waals surface area contributed by atoms with Crippen LogP contribution in [0, 0.1) is 0 Å². The standard InChI is InChI=1S/C5H13O14P3/c6-3-2(1-16-20(8,9)10)17-5(4(3)7)18-22(14,15)19-21(11,12)13/h2-7H,1H2,(H,14,15)(H2,8,9,10)(H2,11,12,13)/t2-,3+,4-,5-/m1/s1. The normalized spacial score (nSPS) is 32.9. The molecule has 22 heavy (non-hydrogen) atoms. The smallest absolute Gasteiger partial charge is 0.387 e. The second-order valence-corrected chi connectivity index (χ2v) is 7.98. The molecular formula is C5H13O14P3. The van der Waals surface area contributed by atoms with Crippen LogP contribution in [0.3, 0.4) is 0 Å². The monoisotopic (exact) mass is 390 g/mol. The summed E-state index contributed by atoms with van der Waals surface area (Å²) in [6, 6.07) is 0. The van der Waals surface area contributed by atoms with Crippen molar-refractivity contribution in [1.29, 1.82) is 0 Å². The first kappa shape index (κ1) is 20.3. The number of hydrogen-bond acceptors (Lipinski definition) is 9. The summed E-state index contributed by atoms with van der Waals surface area (Å²) in [4.78, 5) is 42.8. The third-order valence-electron chi connectivity index (χ3n) is 2.17. The predicted octanol–water partition coefficient (Wildman–Crippen LogP) is -2.23. The maximum atomic E-state index is 11.3. The van der Waals surface area contributed by atoms with Crippen molar-refractivity contribution in [1.82, 2.24) is 0 Å². The van der Waals surface area contributed by atoms with Gasteiger partial charge in [-0.1, -0.05) is 0 Å². The minimum Gasteiger partial charge on any atom is -0.387 e. The SMILES string of the molecule is O=P(O)(O)OC[C@H]1O[C@H](OP(=O)(O)OP(=O)(O)O)[C@H](O)[C@H]1O. The Hall–Kier alpha value is 0.250. The van der Waals surface area contributed by atoms with Gasteiger partial charge in [0.05, 0.1) is 6.61 Å². The zero-order chi connectivity index (χ0) is 17.3. The van der Waals surface area contributed by atoms with Gasteiger partial charge < -0.3 is 39.4 Å². The molecule has 0 bridgehead atoms. The molecule has 0 amide bonds. The number of phosphoric ester groups is 2. The van der Waals surface area contributed by atoms with E-state index >= 15 is 0 Å². The molecule has 0 aromatic rings. The molecule has 1 saturated heterocycles.